The molecule has 0 aromatic heterocycles. The Labute approximate surface area is 77.5 Å². The van der Waals surface area contributed by atoms with E-state index in [1.54, 1.807) is 0 Å². The SMILES string of the molecule is CC(O)N(CCS(=O)(=O)O)C(C)O. The van der Waals surface area contributed by atoms with E-state index >= 15 is 0 Å². The molecule has 0 bridgehead atoms. The molecule has 3 N–H and O–H groups in total. The number of nitrogens with zero attached hydrogens (tertiary/aromatic N) is 1. The summed E-state index contributed by atoms with van der Waals surface area (Å²) in [5.74, 6) is -0.511. The second kappa shape index (κ2) is 4.87. The Balaban J connectivity index is 4.13. The molecule has 0 aliphatic carbocycles. The van der Waals surface area contributed by atoms with Gasteiger partial charge in [0.1, 0.15) is 12.5 Å². The van der Waals surface area contributed by atoms with Crippen molar-refractivity contribution < 1.29 is 23.2 Å². The molecular weight excluding hydrogens is 198 g/mol. The van der Waals surface area contributed by atoms with Gasteiger partial charge in [0, 0.05) is 6.54 Å². The molecule has 0 radical (unpaired) electrons. The van der Waals surface area contributed by atoms with E-state index in [0.29, 0.717) is 0 Å². The zero-order valence-corrected chi connectivity index (χ0v) is 8.40. The summed E-state index contributed by atoms with van der Waals surface area (Å²) in [6.45, 7) is 2.68. The lowest BCUT2D eigenvalue weighted by molar-refractivity contribution is -0.0802. The van der Waals surface area contributed by atoms with Gasteiger partial charge in [0.25, 0.3) is 10.1 Å². The van der Waals surface area contributed by atoms with Crippen LogP contribution in [0.2, 0.25) is 0 Å². The van der Waals surface area contributed by atoms with Gasteiger partial charge in [0.15, 0.2) is 0 Å². The van der Waals surface area contributed by atoms with Gasteiger partial charge in [0.2, 0.25) is 0 Å². The molecule has 0 spiro atoms. The summed E-state index contributed by atoms with van der Waals surface area (Å²) in [5.41, 5.74) is 0. The third-order valence-corrected chi connectivity index (χ3v) is 2.27. The van der Waals surface area contributed by atoms with Crippen molar-refractivity contribution in [3.8, 4) is 0 Å². The Morgan fingerprint density at radius 1 is 1.23 bits per heavy atom. The summed E-state index contributed by atoms with van der Waals surface area (Å²) in [4.78, 5) is 1.13. The molecular formula is C6H15NO5S. The molecule has 0 saturated heterocycles. The van der Waals surface area contributed by atoms with Crippen LogP contribution in [0.5, 0.6) is 0 Å². The minimum atomic E-state index is -4.05. The first-order valence-corrected chi connectivity index (χ1v) is 5.42. The normalized spacial score (nSPS) is 17.4. The van der Waals surface area contributed by atoms with Gasteiger partial charge >= 0.3 is 0 Å². The Morgan fingerprint density at radius 3 is 1.85 bits per heavy atom. The molecule has 0 amide bonds. The largest absolute Gasteiger partial charge is 0.379 e. The molecule has 0 rings (SSSR count). The highest BCUT2D eigenvalue weighted by Crippen LogP contribution is 2.01. The van der Waals surface area contributed by atoms with Gasteiger partial charge < -0.3 is 10.2 Å². The van der Waals surface area contributed by atoms with E-state index in [-0.39, 0.29) is 6.54 Å². The maximum absolute atomic E-state index is 10.3. The molecule has 0 aliphatic rings. The first-order valence-electron chi connectivity index (χ1n) is 3.81. The molecule has 6 nitrogen and oxygen atoms in total. The maximum atomic E-state index is 10.3. The van der Waals surface area contributed by atoms with E-state index in [1.165, 1.54) is 13.8 Å². The van der Waals surface area contributed by atoms with Crippen LogP contribution in [0, 0.1) is 0 Å². The first kappa shape index (κ1) is 12.8. The smallest absolute Gasteiger partial charge is 0.266 e. The molecule has 2 unspecified atom stereocenters. The fourth-order valence-corrected chi connectivity index (χ4v) is 1.35. The van der Waals surface area contributed by atoms with Crippen LogP contribution in [0.1, 0.15) is 13.8 Å². The van der Waals surface area contributed by atoms with E-state index in [9.17, 15) is 8.42 Å². The number of hydrogen-bond acceptors (Lipinski definition) is 5. The molecule has 0 aromatic carbocycles. The number of rotatable bonds is 5. The van der Waals surface area contributed by atoms with Gasteiger partial charge in [-0.05, 0) is 13.8 Å². The van der Waals surface area contributed by atoms with Crippen LogP contribution < -0.4 is 0 Å². The quantitative estimate of drug-likeness (QED) is 0.394. The van der Waals surface area contributed by atoms with Crippen LogP contribution in [0.4, 0.5) is 0 Å². The van der Waals surface area contributed by atoms with Gasteiger partial charge in [0.05, 0.1) is 5.75 Å². The van der Waals surface area contributed by atoms with Crippen molar-refractivity contribution >= 4 is 10.1 Å². The monoisotopic (exact) mass is 213 g/mol. The number of aliphatic hydroxyl groups is 2. The van der Waals surface area contributed by atoms with Gasteiger partial charge in [-0.1, -0.05) is 0 Å². The van der Waals surface area contributed by atoms with Crippen LogP contribution in [0.3, 0.4) is 0 Å². The molecule has 0 heterocycles. The Bertz CT molecular complexity index is 227. The van der Waals surface area contributed by atoms with Crippen molar-refractivity contribution in [2.45, 2.75) is 26.3 Å². The molecule has 13 heavy (non-hydrogen) atoms. The average molecular weight is 213 g/mol. The fourth-order valence-electron chi connectivity index (χ4n) is 0.907. The zero-order chi connectivity index (χ0) is 10.6. The second-order valence-corrected chi connectivity index (χ2v) is 4.36. The van der Waals surface area contributed by atoms with Gasteiger partial charge in [-0.3, -0.25) is 9.45 Å². The number of hydrogen-bond donors (Lipinski definition) is 3. The minimum absolute atomic E-state index is 0.117. The summed E-state index contributed by atoms with van der Waals surface area (Å²) in [6.07, 6.45) is -1.91. The van der Waals surface area contributed by atoms with Crippen LogP contribution in [-0.2, 0) is 10.1 Å². The molecule has 2 atom stereocenters. The van der Waals surface area contributed by atoms with Crippen LogP contribution in [0.25, 0.3) is 0 Å². The first-order chi connectivity index (χ1) is 5.74. The summed E-state index contributed by atoms with van der Waals surface area (Å²) >= 11 is 0. The summed E-state index contributed by atoms with van der Waals surface area (Å²) < 4.78 is 29.1. The Morgan fingerprint density at radius 2 is 1.62 bits per heavy atom. The van der Waals surface area contributed by atoms with Crippen molar-refractivity contribution in [3.05, 3.63) is 0 Å². The van der Waals surface area contributed by atoms with Crippen molar-refractivity contribution in [2.75, 3.05) is 12.3 Å². The highest BCUT2D eigenvalue weighted by atomic mass is 32.2. The van der Waals surface area contributed by atoms with Crippen LogP contribution >= 0.6 is 0 Å². The lowest BCUT2D eigenvalue weighted by atomic mass is 10.4. The molecule has 0 saturated carbocycles. The van der Waals surface area contributed by atoms with Crippen molar-refractivity contribution in [1.29, 1.82) is 0 Å². The van der Waals surface area contributed by atoms with Crippen molar-refractivity contribution in [3.63, 3.8) is 0 Å². The molecule has 0 aromatic rings. The third kappa shape index (κ3) is 5.94. The third-order valence-electron chi connectivity index (χ3n) is 1.57. The van der Waals surface area contributed by atoms with Crippen LogP contribution in [-0.4, -0.2) is 52.8 Å². The number of aliphatic hydroxyl groups excluding tert-OH is 2. The van der Waals surface area contributed by atoms with E-state index in [4.69, 9.17) is 14.8 Å². The lowest BCUT2D eigenvalue weighted by Gasteiger charge is -2.27. The second-order valence-electron chi connectivity index (χ2n) is 2.79. The molecule has 0 fully saturated rings. The summed E-state index contributed by atoms with van der Waals surface area (Å²) in [6, 6.07) is 0. The Kier molecular flexibility index (Phi) is 4.79. The van der Waals surface area contributed by atoms with E-state index < -0.39 is 28.3 Å². The summed E-state index contributed by atoms with van der Waals surface area (Å²) in [5, 5.41) is 18.1. The maximum Gasteiger partial charge on any atom is 0.266 e. The predicted octanol–water partition coefficient (Wildman–Crippen LogP) is -1.15. The molecule has 7 heteroatoms. The molecule has 80 valence electrons. The standard InChI is InChI=1S/C6H15NO5S/c1-5(8)7(6(2)9)3-4-13(10,11)12/h5-6,8-9H,3-4H2,1-2H3,(H,10,11,12). The Hall–Kier alpha value is -0.210. The lowest BCUT2D eigenvalue weighted by Crippen LogP contribution is -2.42. The van der Waals surface area contributed by atoms with E-state index in [2.05, 4.69) is 0 Å². The minimum Gasteiger partial charge on any atom is -0.379 e. The average Bonchev–Trinajstić information content (AvgIpc) is 1.82. The predicted molar refractivity (Wildman–Crippen MR) is 46.5 cm³/mol. The van der Waals surface area contributed by atoms with Crippen molar-refractivity contribution in [1.82, 2.24) is 4.90 Å². The highest BCUT2D eigenvalue weighted by Gasteiger charge is 2.18. The van der Waals surface area contributed by atoms with Crippen LogP contribution in [0.15, 0.2) is 0 Å². The van der Waals surface area contributed by atoms with Gasteiger partial charge in [-0.2, -0.15) is 8.42 Å². The zero-order valence-electron chi connectivity index (χ0n) is 7.58. The van der Waals surface area contributed by atoms with Gasteiger partial charge in [-0.25, -0.2) is 0 Å². The molecule has 0 aliphatic heterocycles. The van der Waals surface area contributed by atoms with Crippen molar-refractivity contribution in [2.24, 2.45) is 0 Å². The fraction of sp³-hybridized carbons (Fsp3) is 1.00. The topological polar surface area (TPSA) is 98.1 Å². The van der Waals surface area contributed by atoms with Gasteiger partial charge in [-0.15, -0.1) is 0 Å². The van der Waals surface area contributed by atoms with E-state index in [1.807, 2.05) is 0 Å². The summed E-state index contributed by atoms with van der Waals surface area (Å²) in [7, 11) is -4.05. The van der Waals surface area contributed by atoms with E-state index in [0.717, 1.165) is 4.90 Å². The highest BCUT2D eigenvalue weighted by molar-refractivity contribution is 7.85.